The van der Waals surface area contributed by atoms with Crippen LogP contribution in [0.1, 0.15) is 83.3 Å². The highest BCUT2D eigenvalue weighted by atomic mass is 16.6. The maximum atomic E-state index is 14.9. The van der Waals surface area contributed by atoms with Crippen LogP contribution >= 0.6 is 0 Å². The molecule has 2 bridgehead atoms. The Kier molecular flexibility index (Phi) is 11.2. The van der Waals surface area contributed by atoms with Gasteiger partial charge in [-0.3, -0.25) is 14.4 Å². The topological polar surface area (TPSA) is 215 Å². The third-order valence-electron chi connectivity index (χ3n) is 13.0. The lowest BCUT2D eigenvalue weighted by Gasteiger charge is -2.67. The van der Waals surface area contributed by atoms with Crippen LogP contribution in [0.4, 0.5) is 0 Å². The first-order valence-electron chi connectivity index (χ1n) is 19.0. The third-order valence-corrected chi connectivity index (χ3v) is 13.0. The predicted octanol–water partition coefficient (Wildman–Crippen LogP) is 2.82. The summed E-state index contributed by atoms with van der Waals surface area (Å²) in [5.74, 6) is -5.84. The van der Waals surface area contributed by atoms with Gasteiger partial charge in [0, 0.05) is 30.8 Å². The minimum absolute atomic E-state index is 0.0497. The molecule has 306 valence electrons. The first kappa shape index (κ1) is 41.9. The summed E-state index contributed by atoms with van der Waals surface area (Å²) in [5, 5.41) is 51.7. The van der Waals surface area contributed by atoms with Crippen LogP contribution in [0.25, 0.3) is 0 Å². The summed E-state index contributed by atoms with van der Waals surface area (Å²) in [4.78, 5) is 68.9. The molecule has 14 nitrogen and oxygen atoms in total. The number of ether oxygens (including phenoxy) is 4. The zero-order valence-electron chi connectivity index (χ0n) is 33.1. The molecule has 2 saturated carbocycles. The molecule has 0 spiro atoms. The molecule has 5 N–H and O–H groups in total. The number of esters is 3. The number of fused-ring (bicyclic) bond motifs is 5. The monoisotopic (exact) mass is 789 g/mol. The van der Waals surface area contributed by atoms with Crippen LogP contribution in [-0.2, 0) is 38.1 Å². The van der Waals surface area contributed by atoms with Crippen LogP contribution in [0.5, 0.6) is 0 Å². The largest absolute Gasteiger partial charge is 0.456 e. The summed E-state index contributed by atoms with van der Waals surface area (Å²) in [6, 6.07) is 14.9. The second-order valence-electron chi connectivity index (χ2n) is 16.4. The Hall–Kier alpha value is -4.73. The molecule has 1 heterocycles. The van der Waals surface area contributed by atoms with Crippen LogP contribution in [0.15, 0.2) is 83.5 Å². The number of allylic oxidation sites excluding steroid dienone is 1. The molecule has 3 aliphatic carbocycles. The molecule has 2 aromatic rings. The standard InChI is InChI=1S/C43H51NO13/c1-8-22(2)37(50)44-31(25-15-11-9-12-16-25)33(48)39(52)55-27-20-43(53)36(56-38(51)26-17-13-10-14-18-26)34-41(7,35(49)32(47)30(23(27)3)40(43,5)6)28(46)19-29-42(34,21-54-29)57-24(4)45/h8-18,27-29,31-34,36,46-48,53H,19-21H2,1-7H3,(H,44,50)/b22-8+/t27-,28-,29+,31-,32+,33+,34-,36-,41+,42-,43+/m0/s1. The molecule has 0 unspecified atom stereocenters. The van der Waals surface area contributed by atoms with Crippen molar-refractivity contribution in [1.82, 2.24) is 5.32 Å². The lowest BCUT2D eigenvalue weighted by molar-refractivity contribution is -0.346. The number of benzene rings is 2. The molecule has 2 aromatic carbocycles. The second kappa shape index (κ2) is 15.2. The van der Waals surface area contributed by atoms with Gasteiger partial charge in [-0.2, -0.15) is 0 Å². The van der Waals surface area contributed by atoms with E-state index in [4.69, 9.17) is 18.9 Å². The molecule has 14 heteroatoms. The van der Waals surface area contributed by atoms with Gasteiger partial charge < -0.3 is 44.7 Å². The van der Waals surface area contributed by atoms with E-state index < -0.39 is 107 Å². The molecule has 3 fully saturated rings. The lowest BCUT2D eigenvalue weighted by atomic mass is 9.44. The Labute approximate surface area is 330 Å². The number of aliphatic hydroxyl groups excluding tert-OH is 3. The van der Waals surface area contributed by atoms with Crippen molar-refractivity contribution in [1.29, 1.82) is 0 Å². The highest BCUT2D eigenvalue weighted by Gasteiger charge is 2.78. The number of aliphatic hydroxyl groups is 4. The van der Waals surface area contributed by atoms with Gasteiger partial charge in [-0.15, -0.1) is 0 Å². The molecule has 6 rings (SSSR count). The van der Waals surface area contributed by atoms with Gasteiger partial charge in [0.2, 0.25) is 5.91 Å². The number of amides is 1. The highest BCUT2D eigenvalue weighted by molar-refractivity contribution is 5.95. The number of nitrogens with one attached hydrogen (secondary N) is 1. The SMILES string of the molecule is C/C=C(\C)C(=O)N[C@@H](c1ccccc1)[C@@H](O)C(=O)O[C@H]1C[C@@]2(O)[C@@H](OC(=O)c3ccccc3)[C@@H]3[C@]4(OC(C)=O)CO[C@@H]4C[C@H](O)[C@@]3(C)C(=O)[C@H](O)C(=C1C)C2(C)C. The molecular weight excluding hydrogens is 738 g/mol. The van der Waals surface area contributed by atoms with E-state index in [2.05, 4.69) is 5.32 Å². The van der Waals surface area contributed by atoms with Crippen LogP contribution in [0.3, 0.4) is 0 Å². The van der Waals surface area contributed by atoms with E-state index in [-0.39, 0.29) is 29.7 Å². The number of hydrogen-bond donors (Lipinski definition) is 5. The Morgan fingerprint density at radius 3 is 2.14 bits per heavy atom. The Bertz CT molecular complexity index is 1990. The molecule has 4 aliphatic rings. The summed E-state index contributed by atoms with van der Waals surface area (Å²) in [7, 11) is 0. The van der Waals surface area contributed by atoms with Crippen molar-refractivity contribution in [3.05, 3.63) is 94.6 Å². The number of Topliss-reactive ketones (excluding diaryl/α,β-unsaturated/α-hetero) is 1. The van der Waals surface area contributed by atoms with Gasteiger partial charge in [-0.05, 0) is 56.5 Å². The molecule has 0 aromatic heterocycles. The van der Waals surface area contributed by atoms with E-state index in [0.29, 0.717) is 11.1 Å². The van der Waals surface area contributed by atoms with Gasteiger partial charge in [0.1, 0.15) is 30.0 Å². The van der Waals surface area contributed by atoms with Crippen molar-refractivity contribution in [3.63, 3.8) is 0 Å². The minimum atomic E-state index is -2.34. The van der Waals surface area contributed by atoms with Crippen LogP contribution in [-0.4, -0.2) is 104 Å². The van der Waals surface area contributed by atoms with Crippen molar-refractivity contribution < 1.29 is 63.3 Å². The first-order valence-corrected chi connectivity index (χ1v) is 19.0. The molecule has 0 radical (unpaired) electrons. The summed E-state index contributed by atoms with van der Waals surface area (Å²) in [6.07, 6.45) is -8.83. The summed E-state index contributed by atoms with van der Waals surface area (Å²) >= 11 is 0. The van der Waals surface area contributed by atoms with E-state index in [0.717, 1.165) is 6.92 Å². The summed E-state index contributed by atoms with van der Waals surface area (Å²) in [5.41, 5.74) is -6.75. The average Bonchev–Trinajstić information content (AvgIpc) is 3.18. The van der Waals surface area contributed by atoms with Gasteiger partial charge in [0.15, 0.2) is 17.5 Å². The first-order chi connectivity index (χ1) is 26.8. The van der Waals surface area contributed by atoms with Crippen molar-refractivity contribution in [2.45, 2.75) is 115 Å². The number of carbonyl (C=O) groups excluding carboxylic acids is 5. The van der Waals surface area contributed by atoms with Crippen LogP contribution in [0, 0.1) is 16.7 Å². The predicted molar refractivity (Wildman–Crippen MR) is 202 cm³/mol. The van der Waals surface area contributed by atoms with Gasteiger partial charge in [0.25, 0.3) is 0 Å². The number of ketones is 1. The molecule has 1 aliphatic heterocycles. The van der Waals surface area contributed by atoms with Gasteiger partial charge >= 0.3 is 17.9 Å². The van der Waals surface area contributed by atoms with E-state index >= 15 is 0 Å². The zero-order chi connectivity index (χ0) is 41.8. The fraction of sp³-hybridized carbons (Fsp3) is 0.512. The minimum Gasteiger partial charge on any atom is -0.456 e. The smallest absolute Gasteiger partial charge is 0.338 e. The normalized spacial score (nSPS) is 34.2. The highest BCUT2D eigenvalue weighted by Crippen LogP contribution is 2.64. The quantitative estimate of drug-likeness (QED) is 0.107. The average molecular weight is 790 g/mol. The van der Waals surface area contributed by atoms with Gasteiger partial charge in [-0.1, -0.05) is 68.5 Å². The van der Waals surface area contributed by atoms with E-state index in [1.54, 1.807) is 82.3 Å². The van der Waals surface area contributed by atoms with E-state index in [1.165, 1.54) is 26.0 Å². The third kappa shape index (κ3) is 6.70. The van der Waals surface area contributed by atoms with Crippen LogP contribution < -0.4 is 5.32 Å². The van der Waals surface area contributed by atoms with Gasteiger partial charge in [-0.25, -0.2) is 9.59 Å². The van der Waals surface area contributed by atoms with E-state index in [1.807, 2.05) is 0 Å². The zero-order valence-corrected chi connectivity index (χ0v) is 33.1. The van der Waals surface area contributed by atoms with Crippen LogP contribution in [0.2, 0.25) is 0 Å². The fourth-order valence-electron chi connectivity index (χ4n) is 9.51. The Balaban J connectivity index is 1.50. The lowest BCUT2D eigenvalue weighted by Crippen LogP contribution is -2.81. The number of carbonyl (C=O) groups is 5. The van der Waals surface area contributed by atoms with Gasteiger partial charge in [0.05, 0.1) is 35.6 Å². The Morgan fingerprint density at radius 2 is 1.58 bits per heavy atom. The van der Waals surface area contributed by atoms with Crippen molar-refractivity contribution in [3.8, 4) is 0 Å². The molecule has 57 heavy (non-hydrogen) atoms. The summed E-state index contributed by atoms with van der Waals surface area (Å²) in [6.45, 7) is 10.1. The Morgan fingerprint density at radius 1 is 0.965 bits per heavy atom. The number of rotatable bonds is 9. The maximum absolute atomic E-state index is 14.9. The van der Waals surface area contributed by atoms with E-state index in [9.17, 15) is 44.4 Å². The number of hydrogen-bond acceptors (Lipinski definition) is 13. The second-order valence-corrected chi connectivity index (χ2v) is 16.4. The molecular formula is C43H51NO13. The fourth-order valence-corrected chi connectivity index (χ4v) is 9.51. The molecule has 11 atom stereocenters. The maximum Gasteiger partial charge on any atom is 0.338 e. The molecule has 1 amide bonds. The summed E-state index contributed by atoms with van der Waals surface area (Å²) < 4.78 is 24.1. The van der Waals surface area contributed by atoms with Crippen molar-refractivity contribution >= 4 is 29.6 Å². The van der Waals surface area contributed by atoms with Crippen molar-refractivity contribution in [2.24, 2.45) is 16.7 Å². The van der Waals surface area contributed by atoms with Crippen molar-refractivity contribution in [2.75, 3.05) is 6.61 Å². The molecule has 1 saturated heterocycles.